The molecule has 5 heteroatoms. The van der Waals surface area contributed by atoms with Gasteiger partial charge in [0.2, 0.25) is 0 Å². The van der Waals surface area contributed by atoms with E-state index in [1.54, 1.807) is 0 Å². The van der Waals surface area contributed by atoms with E-state index in [1.807, 2.05) is 0 Å². The summed E-state index contributed by atoms with van der Waals surface area (Å²) in [5.41, 5.74) is 0. The highest BCUT2D eigenvalue weighted by Crippen LogP contribution is 2.16. The largest absolute Gasteiger partial charge is 0.462 e. The van der Waals surface area contributed by atoms with Gasteiger partial charge in [-0.3, -0.25) is 9.59 Å². The van der Waals surface area contributed by atoms with Crippen LogP contribution in [-0.4, -0.2) is 37.9 Å². The van der Waals surface area contributed by atoms with E-state index < -0.39 is 6.10 Å². The smallest absolute Gasteiger partial charge is 0.306 e. The molecule has 0 aromatic rings. The average molecular weight is 817 g/mol. The molecule has 0 bridgehead atoms. The fourth-order valence-corrected chi connectivity index (χ4v) is 7.60. The lowest BCUT2D eigenvalue weighted by Gasteiger charge is -2.18. The molecule has 342 valence electrons. The Kier molecular flexibility index (Phi) is 48.4. The van der Waals surface area contributed by atoms with Crippen LogP contribution < -0.4 is 0 Å². The van der Waals surface area contributed by atoms with Gasteiger partial charge in [0, 0.05) is 19.4 Å². The Morgan fingerprint density at radius 3 is 1.17 bits per heavy atom. The summed E-state index contributed by atoms with van der Waals surface area (Å²) in [6.45, 7) is 7.83. The highest BCUT2D eigenvalue weighted by molar-refractivity contribution is 5.70. The molecule has 1 atom stereocenters. The summed E-state index contributed by atoms with van der Waals surface area (Å²) in [6, 6.07) is 0. The van der Waals surface area contributed by atoms with Gasteiger partial charge < -0.3 is 14.2 Å². The monoisotopic (exact) mass is 817 g/mol. The number of esters is 2. The molecule has 5 nitrogen and oxygen atoms in total. The van der Waals surface area contributed by atoms with Crippen LogP contribution in [0.2, 0.25) is 0 Å². The van der Waals surface area contributed by atoms with Crippen LogP contribution in [0.15, 0.2) is 24.3 Å². The molecule has 0 aromatic heterocycles. The van der Waals surface area contributed by atoms with Crippen LogP contribution in [0.25, 0.3) is 0 Å². The van der Waals surface area contributed by atoms with E-state index in [0.29, 0.717) is 26.1 Å². The standard InChI is InChI=1S/C53H100O5/c1-4-7-10-13-16-19-21-23-25-26-27-28-30-31-33-35-37-40-43-46-52(54)57-50-51(49-56-48-45-42-39-18-15-12-9-6-3)58-53(55)47-44-41-38-36-34-32-29-24-22-20-17-14-11-8-5-2/h16,19,23,25,51H,4-15,17-18,20-22,24,26-50H2,1-3H3/b19-16-,25-23-. The van der Waals surface area contributed by atoms with Gasteiger partial charge in [0.15, 0.2) is 6.10 Å². The summed E-state index contributed by atoms with van der Waals surface area (Å²) in [4.78, 5) is 25.3. The predicted molar refractivity (Wildman–Crippen MR) is 252 cm³/mol. The van der Waals surface area contributed by atoms with Gasteiger partial charge in [-0.15, -0.1) is 0 Å². The fourth-order valence-electron chi connectivity index (χ4n) is 7.60. The van der Waals surface area contributed by atoms with Crippen molar-refractivity contribution in [2.45, 2.75) is 284 Å². The molecule has 0 heterocycles. The summed E-state index contributed by atoms with van der Waals surface area (Å²) >= 11 is 0. The van der Waals surface area contributed by atoms with Gasteiger partial charge in [-0.2, -0.15) is 0 Å². The average Bonchev–Trinajstić information content (AvgIpc) is 3.22. The molecule has 0 saturated carbocycles. The van der Waals surface area contributed by atoms with Crippen molar-refractivity contribution in [3.05, 3.63) is 24.3 Å². The third-order valence-electron chi connectivity index (χ3n) is 11.5. The molecule has 0 N–H and O–H groups in total. The molecule has 0 rings (SSSR count). The number of carbonyl (C=O) groups is 2. The van der Waals surface area contributed by atoms with Crippen molar-refractivity contribution in [3.8, 4) is 0 Å². The molecule has 0 saturated heterocycles. The Morgan fingerprint density at radius 1 is 0.379 bits per heavy atom. The zero-order chi connectivity index (χ0) is 42.1. The van der Waals surface area contributed by atoms with E-state index in [-0.39, 0.29) is 18.5 Å². The van der Waals surface area contributed by atoms with Gasteiger partial charge >= 0.3 is 11.9 Å². The fraction of sp³-hybridized carbons (Fsp3) is 0.887. The van der Waals surface area contributed by atoms with Crippen molar-refractivity contribution in [3.63, 3.8) is 0 Å². The third-order valence-corrected chi connectivity index (χ3v) is 11.5. The normalized spacial score (nSPS) is 12.3. The second kappa shape index (κ2) is 49.7. The number of carbonyl (C=O) groups excluding carboxylic acids is 2. The first-order valence-corrected chi connectivity index (χ1v) is 25.9. The van der Waals surface area contributed by atoms with E-state index >= 15 is 0 Å². The first kappa shape index (κ1) is 56.4. The van der Waals surface area contributed by atoms with Crippen LogP contribution in [0, 0.1) is 0 Å². The Bertz CT molecular complexity index is 882. The highest BCUT2D eigenvalue weighted by Gasteiger charge is 2.17. The summed E-state index contributed by atoms with van der Waals surface area (Å²) < 4.78 is 17.3. The summed E-state index contributed by atoms with van der Waals surface area (Å²) in [7, 11) is 0. The van der Waals surface area contributed by atoms with Gasteiger partial charge in [-0.25, -0.2) is 0 Å². The van der Waals surface area contributed by atoms with Crippen LogP contribution in [0.4, 0.5) is 0 Å². The maximum Gasteiger partial charge on any atom is 0.306 e. The molecule has 0 aromatic carbocycles. The maximum atomic E-state index is 12.8. The van der Waals surface area contributed by atoms with E-state index in [0.717, 1.165) is 38.5 Å². The number of unbranched alkanes of at least 4 members (excludes halogenated alkanes) is 33. The lowest BCUT2D eigenvalue weighted by Crippen LogP contribution is -2.30. The van der Waals surface area contributed by atoms with Crippen LogP contribution >= 0.6 is 0 Å². The van der Waals surface area contributed by atoms with Gasteiger partial charge in [0.25, 0.3) is 0 Å². The summed E-state index contributed by atoms with van der Waals surface area (Å²) in [5, 5.41) is 0. The van der Waals surface area contributed by atoms with Crippen LogP contribution in [0.1, 0.15) is 278 Å². The van der Waals surface area contributed by atoms with Crippen molar-refractivity contribution in [1.29, 1.82) is 0 Å². The molecule has 0 aliphatic rings. The van der Waals surface area contributed by atoms with E-state index in [1.165, 1.54) is 205 Å². The summed E-state index contributed by atoms with van der Waals surface area (Å²) in [5.74, 6) is -0.386. The molecule has 1 unspecified atom stereocenters. The molecular weight excluding hydrogens is 717 g/mol. The second-order valence-corrected chi connectivity index (χ2v) is 17.4. The first-order chi connectivity index (χ1) is 28.6. The zero-order valence-corrected chi connectivity index (χ0v) is 39.3. The molecule has 58 heavy (non-hydrogen) atoms. The number of rotatable bonds is 48. The number of hydrogen-bond acceptors (Lipinski definition) is 5. The molecule has 0 amide bonds. The van der Waals surface area contributed by atoms with Crippen molar-refractivity contribution in [2.24, 2.45) is 0 Å². The minimum atomic E-state index is -0.528. The highest BCUT2D eigenvalue weighted by atomic mass is 16.6. The Balaban J connectivity index is 4.11. The molecule has 0 radical (unpaired) electrons. The molecular formula is C53H100O5. The van der Waals surface area contributed by atoms with Gasteiger partial charge in [0.1, 0.15) is 6.61 Å². The van der Waals surface area contributed by atoms with E-state index in [9.17, 15) is 9.59 Å². The molecule has 0 fully saturated rings. The topological polar surface area (TPSA) is 61.8 Å². The Hall–Kier alpha value is -1.62. The van der Waals surface area contributed by atoms with Crippen LogP contribution in [0.5, 0.6) is 0 Å². The van der Waals surface area contributed by atoms with Crippen LogP contribution in [-0.2, 0) is 23.8 Å². The third kappa shape index (κ3) is 47.1. The van der Waals surface area contributed by atoms with Gasteiger partial charge in [-0.05, 0) is 51.4 Å². The maximum absolute atomic E-state index is 12.8. The van der Waals surface area contributed by atoms with Crippen molar-refractivity contribution < 1.29 is 23.8 Å². The Labute approximate surface area is 362 Å². The van der Waals surface area contributed by atoms with E-state index in [2.05, 4.69) is 45.1 Å². The lowest BCUT2D eigenvalue weighted by atomic mass is 10.0. The second-order valence-electron chi connectivity index (χ2n) is 17.4. The van der Waals surface area contributed by atoms with Crippen molar-refractivity contribution in [2.75, 3.05) is 19.8 Å². The number of allylic oxidation sites excluding steroid dienone is 4. The van der Waals surface area contributed by atoms with Crippen molar-refractivity contribution >= 4 is 11.9 Å². The van der Waals surface area contributed by atoms with Crippen LogP contribution in [0.3, 0.4) is 0 Å². The minimum absolute atomic E-state index is 0.0901. The minimum Gasteiger partial charge on any atom is -0.462 e. The summed E-state index contributed by atoms with van der Waals surface area (Å²) in [6.07, 6.45) is 57.5. The number of hydrogen-bond donors (Lipinski definition) is 0. The van der Waals surface area contributed by atoms with Crippen molar-refractivity contribution in [1.82, 2.24) is 0 Å². The SMILES string of the molecule is CCCCC/C=C\C/C=C\CCCCCCCCCCCC(=O)OCC(COCCCCCCCCCC)OC(=O)CCCCCCCCCCCCCCCCC. The lowest BCUT2D eigenvalue weighted by molar-refractivity contribution is -0.163. The Morgan fingerprint density at radius 2 is 0.724 bits per heavy atom. The first-order valence-electron chi connectivity index (χ1n) is 25.9. The van der Waals surface area contributed by atoms with E-state index in [4.69, 9.17) is 14.2 Å². The zero-order valence-electron chi connectivity index (χ0n) is 39.3. The molecule has 0 spiro atoms. The quantitative estimate of drug-likeness (QED) is 0.0348. The van der Waals surface area contributed by atoms with Gasteiger partial charge in [0.05, 0.1) is 6.61 Å². The number of ether oxygens (including phenoxy) is 3. The van der Waals surface area contributed by atoms with Gasteiger partial charge in [-0.1, -0.05) is 238 Å². The molecule has 0 aliphatic heterocycles. The predicted octanol–water partition coefficient (Wildman–Crippen LogP) is 17.2. The molecule has 0 aliphatic carbocycles.